The second-order valence-electron chi connectivity index (χ2n) is 4.58. The minimum absolute atomic E-state index is 0.108. The molecule has 2 heterocycles. The van der Waals surface area contributed by atoms with E-state index in [4.69, 9.17) is 5.84 Å². The molecule has 0 amide bonds. The number of hydrogen-bond acceptors (Lipinski definition) is 4. The number of pyridine rings is 1. The molecule has 20 heavy (non-hydrogen) atoms. The second kappa shape index (κ2) is 6.01. The number of fused-ring (bicyclic) bond motifs is 1. The van der Waals surface area contributed by atoms with Crippen LogP contribution in [-0.2, 0) is 6.42 Å². The minimum atomic E-state index is 0.108. The molecule has 0 aliphatic carbocycles. The van der Waals surface area contributed by atoms with Crippen molar-refractivity contribution >= 4 is 38.2 Å². The van der Waals surface area contributed by atoms with Crippen molar-refractivity contribution in [2.24, 2.45) is 5.84 Å². The molecule has 3 rings (SSSR count). The maximum absolute atomic E-state index is 5.73. The lowest BCUT2D eigenvalue weighted by atomic mass is 10.0. The fraction of sp³-hybridized carbons (Fsp3) is 0.133. The third kappa shape index (κ3) is 2.76. The van der Waals surface area contributed by atoms with Crippen molar-refractivity contribution in [1.82, 2.24) is 10.4 Å². The fourth-order valence-electron chi connectivity index (χ4n) is 2.31. The predicted molar refractivity (Wildman–Crippen MR) is 87.5 cm³/mol. The molecule has 0 saturated heterocycles. The normalized spacial score (nSPS) is 12.7. The van der Waals surface area contributed by atoms with Crippen LogP contribution >= 0.6 is 27.3 Å². The third-order valence-electron chi connectivity index (χ3n) is 3.30. The molecule has 2 aromatic heterocycles. The Morgan fingerprint density at radius 1 is 1.30 bits per heavy atom. The van der Waals surface area contributed by atoms with Crippen LogP contribution in [0, 0.1) is 0 Å². The zero-order valence-electron chi connectivity index (χ0n) is 10.7. The molecular formula is C15H14BrN3S. The summed E-state index contributed by atoms with van der Waals surface area (Å²) < 4.78 is 1.09. The summed E-state index contributed by atoms with van der Waals surface area (Å²) in [6, 6.07) is 12.5. The maximum atomic E-state index is 5.73. The molecule has 0 saturated carbocycles. The average Bonchev–Trinajstić information content (AvgIpc) is 2.91. The van der Waals surface area contributed by atoms with Gasteiger partial charge in [0.2, 0.25) is 0 Å². The first-order valence-electron chi connectivity index (χ1n) is 6.30. The van der Waals surface area contributed by atoms with Gasteiger partial charge >= 0.3 is 0 Å². The number of nitrogens with one attached hydrogen (secondary N) is 1. The van der Waals surface area contributed by atoms with Gasteiger partial charge in [-0.1, -0.05) is 18.2 Å². The number of hydrazine groups is 1. The largest absolute Gasteiger partial charge is 0.271 e. The van der Waals surface area contributed by atoms with E-state index in [0.717, 1.165) is 16.4 Å². The van der Waals surface area contributed by atoms with Crippen molar-refractivity contribution in [3.8, 4) is 0 Å². The second-order valence-corrected chi connectivity index (χ2v) is 6.44. The number of thiophene rings is 1. The van der Waals surface area contributed by atoms with Crippen LogP contribution < -0.4 is 11.3 Å². The quantitative estimate of drug-likeness (QED) is 0.557. The molecule has 1 unspecified atom stereocenters. The molecule has 1 aromatic carbocycles. The Hall–Kier alpha value is -1.27. The van der Waals surface area contributed by atoms with Gasteiger partial charge in [-0.3, -0.25) is 16.3 Å². The Bertz CT molecular complexity index is 720. The Kier molecular flexibility index (Phi) is 4.12. The summed E-state index contributed by atoms with van der Waals surface area (Å²) in [6.45, 7) is 0. The molecule has 0 aliphatic heterocycles. The molecule has 5 heteroatoms. The van der Waals surface area contributed by atoms with Gasteiger partial charge < -0.3 is 0 Å². The third-order valence-corrected chi connectivity index (χ3v) is 5.10. The van der Waals surface area contributed by atoms with Crippen LogP contribution in [0.1, 0.15) is 16.5 Å². The van der Waals surface area contributed by atoms with Crippen LogP contribution in [0.15, 0.2) is 52.4 Å². The van der Waals surface area contributed by atoms with Gasteiger partial charge in [-0.25, -0.2) is 0 Å². The van der Waals surface area contributed by atoms with Crippen molar-refractivity contribution in [2.45, 2.75) is 12.5 Å². The van der Waals surface area contributed by atoms with E-state index in [1.165, 1.54) is 15.8 Å². The van der Waals surface area contributed by atoms with E-state index in [9.17, 15) is 0 Å². The molecule has 0 bridgehead atoms. The summed E-state index contributed by atoms with van der Waals surface area (Å²) in [6.07, 6.45) is 2.70. The molecule has 0 fully saturated rings. The van der Waals surface area contributed by atoms with Gasteiger partial charge in [-0.15, -0.1) is 11.3 Å². The van der Waals surface area contributed by atoms with Gasteiger partial charge in [-0.05, 0) is 46.1 Å². The Labute approximate surface area is 129 Å². The number of para-hydroxylation sites is 1. The van der Waals surface area contributed by atoms with Crippen LogP contribution in [0.3, 0.4) is 0 Å². The Morgan fingerprint density at radius 3 is 2.90 bits per heavy atom. The number of rotatable bonds is 4. The Balaban J connectivity index is 1.95. The maximum Gasteiger partial charge on any atom is 0.0704 e. The number of nitrogens with zero attached hydrogens (tertiary/aromatic N) is 1. The number of hydrogen-bond donors (Lipinski definition) is 2. The smallest absolute Gasteiger partial charge is 0.0704 e. The first kappa shape index (κ1) is 13.7. The predicted octanol–water partition coefficient (Wildman–Crippen LogP) is 3.81. The van der Waals surface area contributed by atoms with E-state index >= 15 is 0 Å². The lowest BCUT2D eigenvalue weighted by Crippen LogP contribution is -2.29. The summed E-state index contributed by atoms with van der Waals surface area (Å²) in [5.74, 6) is 5.73. The zero-order valence-corrected chi connectivity index (χ0v) is 13.1. The number of benzene rings is 1. The lowest BCUT2D eigenvalue weighted by Gasteiger charge is -2.15. The molecule has 3 N–H and O–H groups in total. The van der Waals surface area contributed by atoms with Crippen LogP contribution in [-0.4, -0.2) is 4.98 Å². The fourth-order valence-corrected chi connectivity index (χ4v) is 3.81. The number of aromatic nitrogens is 1. The minimum Gasteiger partial charge on any atom is -0.271 e. The summed E-state index contributed by atoms with van der Waals surface area (Å²) in [4.78, 5) is 5.62. The monoisotopic (exact) mass is 347 g/mol. The van der Waals surface area contributed by atoms with E-state index < -0.39 is 0 Å². The van der Waals surface area contributed by atoms with E-state index in [2.05, 4.69) is 49.9 Å². The molecule has 3 nitrogen and oxygen atoms in total. The highest BCUT2D eigenvalue weighted by atomic mass is 79.9. The van der Waals surface area contributed by atoms with Crippen LogP contribution in [0.2, 0.25) is 0 Å². The van der Waals surface area contributed by atoms with Crippen LogP contribution in [0.5, 0.6) is 0 Å². The van der Waals surface area contributed by atoms with Crippen LogP contribution in [0.25, 0.3) is 10.9 Å². The average molecular weight is 348 g/mol. The van der Waals surface area contributed by atoms with Gasteiger partial charge in [-0.2, -0.15) is 0 Å². The summed E-state index contributed by atoms with van der Waals surface area (Å²) in [5.41, 5.74) is 5.19. The van der Waals surface area contributed by atoms with Crippen molar-refractivity contribution in [1.29, 1.82) is 0 Å². The van der Waals surface area contributed by atoms with Crippen molar-refractivity contribution in [2.75, 3.05) is 0 Å². The molecule has 1 atom stereocenters. The highest BCUT2D eigenvalue weighted by Crippen LogP contribution is 2.29. The first-order valence-corrected chi connectivity index (χ1v) is 7.98. The summed E-state index contributed by atoms with van der Waals surface area (Å²) in [5, 5.41) is 3.26. The van der Waals surface area contributed by atoms with Gasteiger partial charge in [0.25, 0.3) is 0 Å². The first-order chi connectivity index (χ1) is 9.78. The van der Waals surface area contributed by atoms with Gasteiger partial charge in [0.15, 0.2) is 0 Å². The van der Waals surface area contributed by atoms with E-state index in [1.807, 2.05) is 24.4 Å². The molecule has 3 aromatic rings. The molecule has 102 valence electrons. The Morgan fingerprint density at radius 2 is 2.15 bits per heavy atom. The van der Waals surface area contributed by atoms with Gasteiger partial charge in [0, 0.05) is 26.3 Å². The summed E-state index contributed by atoms with van der Waals surface area (Å²) in [7, 11) is 0. The van der Waals surface area contributed by atoms with Crippen molar-refractivity contribution < 1.29 is 0 Å². The topological polar surface area (TPSA) is 50.9 Å². The van der Waals surface area contributed by atoms with E-state index in [1.54, 1.807) is 11.3 Å². The van der Waals surface area contributed by atoms with Gasteiger partial charge in [0.05, 0.1) is 11.6 Å². The van der Waals surface area contributed by atoms with Crippen molar-refractivity contribution in [3.63, 3.8) is 0 Å². The molecular weight excluding hydrogens is 334 g/mol. The number of nitrogens with two attached hydrogens (primary N) is 1. The molecule has 0 aliphatic rings. The van der Waals surface area contributed by atoms with Crippen LogP contribution in [0.4, 0.5) is 0 Å². The highest BCUT2D eigenvalue weighted by Gasteiger charge is 2.14. The van der Waals surface area contributed by atoms with Crippen molar-refractivity contribution in [3.05, 3.63) is 62.9 Å². The standard InChI is InChI=1S/C15H14BrN3S/c16-11-8-15(20-9-11)14(19-17)7-10-5-6-18-13-4-2-1-3-12(10)13/h1-6,8-9,14,19H,7,17H2. The van der Waals surface area contributed by atoms with E-state index in [0.29, 0.717) is 0 Å². The lowest BCUT2D eigenvalue weighted by molar-refractivity contribution is 0.562. The zero-order chi connectivity index (χ0) is 13.9. The molecule has 0 radical (unpaired) electrons. The van der Waals surface area contributed by atoms with E-state index in [-0.39, 0.29) is 6.04 Å². The van der Waals surface area contributed by atoms with Gasteiger partial charge in [0.1, 0.15) is 0 Å². The SMILES string of the molecule is NNC(Cc1ccnc2ccccc12)c1cc(Br)cs1. The highest BCUT2D eigenvalue weighted by molar-refractivity contribution is 9.10. The summed E-state index contributed by atoms with van der Waals surface area (Å²) >= 11 is 5.19. The number of halogens is 1. The molecule has 0 spiro atoms.